The van der Waals surface area contributed by atoms with Gasteiger partial charge < -0.3 is 4.90 Å². The molecule has 1 saturated heterocycles. The molecule has 10 heteroatoms. The summed E-state index contributed by atoms with van der Waals surface area (Å²) in [4.78, 5) is 32.5. The van der Waals surface area contributed by atoms with Crippen LogP contribution in [0.5, 0.6) is 0 Å². The van der Waals surface area contributed by atoms with Crippen molar-refractivity contribution in [2.45, 2.75) is 13.8 Å². The minimum absolute atomic E-state index is 0.0291. The third kappa shape index (κ3) is 3.09. The van der Waals surface area contributed by atoms with E-state index in [4.69, 9.17) is 0 Å². The highest BCUT2D eigenvalue weighted by atomic mass is 32.2. The molecule has 2 aromatic heterocycles. The first-order chi connectivity index (χ1) is 11.3. The average molecular weight is 351 g/mol. The van der Waals surface area contributed by atoms with Gasteiger partial charge in [0.05, 0.1) is 29.0 Å². The number of amides is 1. The smallest absolute Gasteiger partial charge is 0.257 e. The molecule has 1 aliphatic rings. The molecule has 2 aromatic rings. The van der Waals surface area contributed by atoms with Gasteiger partial charge in [0.15, 0.2) is 9.84 Å². The first-order valence-electron chi connectivity index (χ1n) is 7.39. The predicted octanol–water partition coefficient (Wildman–Crippen LogP) is -0.557. The van der Waals surface area contributed by atoms with Crippen molar-refractivity contribution in [2.24, 2.45) is 0 Å². The highest BCUT2D eigenvalue weighted by molar-refractivity contribution is 7.91. The van der Waals surface area contributed by atoms with Gasteiger partial charge in [-0.3, -0.25) is 14.6 Å². The molecule has 0 aromatic carbocycles. The fourth-order valence-corrected chi connectivity index (χ4v) is 3.78. The Morgan fingerprint density at radius 2 is 1.92 bits per heavy atom. The Kier molecular flexibility index (Phi) is 3.99. The standard InChI is InChI=1S/C14H17N5O4S/c1-9-7-12(20)17-14(16-9)19-10(2)11(8-15-19)13(21)18-3-5-24(22,23)6-4-18/h7-8H,3-6H2,1-2H3,(H,16,17,20). The number of carbonyl (C=O) groups is 1. The normalized spacial score (nSPS) is 17.0. The second-order valence-electron chi connectivity index (χ2n) is 5.71. The number of aryl methyl sites for hydroxylation is 1. The van der Waals surface area contributed by atoms with Crippen LogP contribution in [0.15, 0.2) is 17.1 Å². The summed E-state index contributed by atoms with van der Waals surface area (Å²) in [5.74, 6) is -0.0985. The summed E-state index contributed by atoms with van der Waals surface area (Å²) >= 11 is 0. The first-order valence-corrected chi connectivity index (χ1v) is 9.22. The first kappa shape index (κ1) is 16.4. The molecule has 0 saturated carbocycles. The van der Waals surface area contributed by atoms with Crippen molar-refractivity contribution >= 4 is 15.7 Å². The van der Waals surface area contributed by atoms with Crippen molar-refractivity contribution in [2.75, 3.05) is 24.6 Å². The van der Waals surface area contributed by atoms with Gasteiger partial charge in [0.1, 0.15) is 0 Å². The molecule has 128 valence electrons. The van der Waals surface area contributed by atoms with Gasteiger partial charge in [-0.05, 0) is 13.8 Å². The van der Waals surface area contributed by atoms with Gasteiger partial charge in [0, 0.05) is 24.8 Å². The maximum absolute atomic E-state index is 12.6. The topological polar surface area (TPSA) is 118 Å². The van der Waals surface area contributed by atoms with E-state index in [-0.39, 0.29) is 42.0 Å². The van der Waals surface area contributed by atoms with Gasteiger partial charge in [0.25, 0.3) is 11.5 Å². The molecule has 1 aliphatic heterocycles. The quantitative estimate of drug-likeness (QED) is 0.775. The summed E-state index contributed by atoms with van der Waals surface area (Å²) in [6.45, 7) is 3.73. The highest BCUT2D eigenvalue weighted by Crippen LogP contribution is 2.15. The summed E-state index contributed by atoms with van der Waals surface area (Å²) in [5.41, 5.74) is 1.12. The number of aromatic amines is 1. The Labute approximate surface area is 138 Å². The molecule has 9 nitrogen and oxygen atoms in total. The van der Waals surface area contributed by atoms with Crippen LogP contribution in [0.25, 0.3) is 5.95 Å². The molecular formula is C14H17N5O4S. The summed E-state index contributed by atoms with van der Waals surface area (Å²) < 4.78 is 24.3. The summed E-state index contributed by atoms with van der Waals surface area (Å²) in [5, 5.41) is 4.13. The van der Waals surface area contributed by atoms with E-state index in [2.05, 4.69) is 15.1 Å². The number of aromatic nitrogens is 4. The molecular weight excluding hydrogens is 334 g/mol. The number of hydrogen-bond donors (Lipinski definition) is 1. The molecule has 0 spiro atoms. The SMILES string of the molecule is Cc1cc(=O)[nH]c(-n2ncc(C(=O)N3CCS(=O)(=O)CC3)c2C)n1. The fourth-order valence-electron chi connectivity index (χ4n) is 2.58. The number of nitrogens with one attached hydrogen (secondary N) is 1. The van der Waals surface area contributed by atoms with Gasteiger partial charge in [-0.25, -0.2) is 18.1 Å². The molecule has 0 aliphatic carbocycles. The Hall–Kier alpha value is -2.49. The minimum atomic E-state index is -3.05. The van der Waals surface area contributed by atoms with Crippen molar-refractivity contribution in [3.8, 4) is 5.95 Å². The van der Waals surface area contributed by atoms with Crippen LogP contribution >= 0.6 is 0 Å². The molecule has 1 amide bonds. The Balaban J connectivity index is 1.90. The van der Waals surface area contributed by atoms with E-state index in [0.717, 1.165) is 0 Å². The van der Waals surface area contributed by atoms with Crippen LogP contribution in [-0.2, 0) is 9.84 Å². The molecule has 3 rings (SSSR count). The van der Waals surface area contributed by atoms with E-state index in [1.807, 2.05) is 0 Å². The number of carbonyl (C=O) groups excluding carboxylic acids is 1. The number of hydrogen-bond acceptors (Lipinski definition) is 6. The molecule has 24 heavy (non-hydrogen) atoms. The molecule has 3 heterocycles. The van der Waals surface area contributed by atoms with E-state index in [1.165, 1.54) is 21.8 Å². The minimum Gasteiger partial charge on any atom is -0.337 e. The van der Waals surface area contributed by atoms with E-state index >= 15 is 0 Å². The predicted molar refractivity (Wildman–Crippen MR) is 86.0 cm³/mol. The van der Waals surface area contributed by atoms with Crippen molar-refractivity contribution < 1.29 is 13.2 Å². The molecule has 1 fully saturated rings. The third-order valence-electron chi connectivity index (χ3n) is 3.93. The maximum Gasteiger partial charge on any atom is 0.257 e. The average Bonchev–Trinajstić information content (AvgIpc) is 2.87. The molecule has 1 N–H and O–H groups in total. The van der Waals surface area contributed by atoms with Crippen LogP contribution < -0.4 is 5.56 Å². The van der Waals surface area contributed by atoms with Crippen LogP contribution in [0.3, 0.4) is 0 Å². The Morgan fingerprint density at radius 3 is 2.54 bits per heavy atom. The summed E-state index contributed by atoms with van der Waals surface area (Å²) in [7, 11) is -3.05. The lowest BCUT2D eigenvalue weighted by Gasteiger charge is -2.26. The van der Waals surface area contributed by atoms with Gasteiger partial charge >= 0.3 is 0 Å². The zero-order valence-electron chi connectivity index (χ0n) is 13.3. The zero-order chi connectivity index (χ0) is 17.5. The van der Waals surface area contributed by atoms with Crippen molar-refractivity contribution in [1.82, 2.24) is 24.6 Å². The molecule has 0 atom stereocenters. The van der Waals surface area contributed by atoms with Crippen LogP contribution in [0.4, 0.5) is 0 Å². The van der Waals surface area contributed by atoms with Gasteiger partial charge in [-0.15, -0.1) is 0 Å². The summed E-state index contributed by atoms with van der Waals surface area (Å²) in [6.07, 6.45) is 1.41. The molecule has 0 bridgehead atoms. The van der Waals surface area contributed by atoms with Crippen LogP contribution in [0, 0.1) is 13.8 Å². The number of nitrogens with zero attached hydrogens (tertiary/aromatic N) is 4. The third-order valence-corrected chi connectivity index (χ3v) is 5.54. The highest BCUT2D eigenvalue weighted by Gasteiger charge is 2.28. The van der Waals surface area contributed by atoms with E-state index in [1.54, 1.807) is 13.8 Å². The van der Waals surface area contributed by atoms with Crippen LogP contribution in [0.1, 0.15) is 21.7 Å². The monoisotopic (exact) mass is 351 g/mol. The molecule has 0 radical (unpaired) electrons. The molecule has 0 unspecified atom stereocenters. The van der Waals surface area contributed by atoms with Gasteiger partial charge in [-0.2, -0.15) is 5.10 Å². The Morgan fingerprint density at radius 1 is 1.25 bits per heavy atom. The second kappa shape index (κ2) is 5.86. The van der Waals surface area contributed by atoms with Crippen molar-refractivity contribution in [3.63, 3.8) is 0 Å². The lowest BCUT2D eigenvalue weighted by atomic mass is 10.2. The van der Waals surface area contributed by atoms with Crippen molar-refractivity contribution in [3.05, 3.63) is 39.6 Å². The Bertz CT molecular complexity index is 946. The number of sulfone groups is 1. The van der Waals surface area contributed by atoms with Crippen LogP contribution in [0.2, 0.25) is 0 Å². The van der Waals surface area contributed by atoms with E-state index in [9.17, 15) is 18.0 Å². The van der Waals surface area contributed by atoms with Gasteiger partial charge in [-0.1, -0.05) is 0 Å². The number of H-pyrrole nitrogens is 1. The fraction of sp³-hybridized carbons (Fsp3) is 0.429. The number of rotatable bonds is 2. The lowest BCUT2D eigenvalue weighted by molar-refractivity contribution is 0.0769. The van der Waals surface area contributed by atoms with E-state index < -0.39 is 9.84 Å². The zero-order valence-corrected chi connectivity index (χ0v) is 14.1. The summed E-state index contributed by atoms with van der Waals surface area (Å²) in [6, 6.07) is 1.36. The van der Waals surface area contributed by atoms with Crippen LogP contribution in [-0.4, -0.2) is 63.6 Å². The second-order valence-corrected chi connectivity index (χ2v) is 8.01. The lowest BCUT2D eigenvalue weighted by Crippen LogP contribution is -2.43. The maximum atomic E-state index is 12.6. The van der Waals surface area contributed by atoms with Crippen molar-refractivity contribution in [1.29, 1.82) is 0 Å². The largest absolute Gasteiger partial charge is 0.337 e. The van der Waals surface area contributed by atoms with E-state index in [0.29, 0.717) is 17.0 Å². The van der Waals surface area contributed by atoms with Gasteiger partial charge in [0.2, 0.25) is 5.95 Å².